The van der Waals surface area contributed by atoms with Crippen LogP contribution >= 0.6 is 0 Å². The first-order chi connectivity index (χ1) is 11.2. The first kappa shape index (κ1) is 16.2. The average Bonchev–Trinajstić information content (AvgIpc) is 2.49. The molecule has 0 atom stereocenters. The number of halogens is 3. The monoisotopic (exact) mass is 332 g/mol. The van der Waals surface area contributed by atoms with Crippen LogP contribution < -0.4 is 0 Å². The van der Waals surface area contributed by atoms with Gasteiger partial charge in [0.1, 0.15) is 0 Å². The predicted molar refractivity (Wildman–Crippen MR) is 87.2 cm³/mol. The summed E-state index contributed by atoms with van der Waals surface area (Å²) in [5.41, 5.74) is 2.00. The second-order valence-electron chi connectivity index (χ2n) is 5.83. The SMILES string of the molecule is Cc1cc2cc(O)c(O)cc2c(C)c1-c1cccc(C(F)(F)F)c1. The van der Waals surface area contributed by atoms with Crippen molar-refractivity contribution in [1.82, 2.24) is 0 Å². The molecule has 0 unspecified atom stereocenters. The van der Waals surface area contributed by atoms with Gasteiger partial charge in [-0.05, 0) is 71.1 Å². The van der Waals surface area contributed by atoms with Crippen molar-refractivity contribution in [3.8, 4) is 22.6 Å². The van der Waals surface area contributed by atoms with E-state index in [1.165, 1.54) is 18.2 Å². The molecule has 24 heavy (non-hydrogen) atoms. The second kappa shape index (κ2) is 5.44. The fourth-order valence-corrected chi connectivity index (χ4v) is 3.07. The van der Waals surface area contributed by atoms with E-state index in [2.05, 4.69) is 0 Å². The molecule has 3 aromatic rings. The average molecular weight is 332 g/mol. The molecule has 3 aromatic carbocycles. The van der Waals surface area contributed by atoms with Gasteiger partial charge in [-0.15, -0.1) is 0 Å². The second-order valence-corrected chi connectivity index (χ2v) is 5.83. The van der Waals surface area contributed by atoms with E-state index in [4.69, 9.17) is 0 Å². The van der Waals surface area contributed by atoms with Gasteiger partial charge in [0.25, 0.3) is 0 Å². The number of phenolic OH excluding ortho intramolecular Hbond substituents is 2. The van der Waals surface area contributed by atoms with Gasteiger partial charge in [0, 0.05) is 0 Å². The first-order valence-corrected chi connectivity index (χ1v) is 7.32. The van der Waals surface area contributed by atoms with E-state index in [9.17, 15) is 23.4 Å². The van der Waals surface area contributed by atoms with Gasteiger partial charge in [-0.2, -0.15) is 13.2 Å². The molecule has 5 heteroatoms. The highest BCUT2D eigenvalue weighted by molar-refractivity contribution is 5.95. The van der Waals surface area contributed by atoms with Gasteiger partial charge >= 0.3 is 6.18 Å². The lowest BCUT2D eigenvalue weighted by Crippen LogP contribution is -2.04. The van der Waals surface area contributed by atoms with E-state index in [1.807, 2.05) is 6.92 Å². The summed E-state index contributed by atoms with van der Waals surface area (Å²) in [6.07, 6.45) is -4.40. The number of rotatable bonds is 1. The molecule has 0 bridgehead atoms. The van der Waals surface area contributed by atoms with Crippen molar-refractivity contribution in [1.29, 1.82) is 0 Å². The first-order valence-electron chi connectivity index (χ1n) is 7.32. The Kier molecular flexibility index (Phi) is 3.67. The minimum Gasteiger partial charge on any atom is -0.504 e. The summed E-state index contributed by atoms with van der Waals surface area (Å²) < 4.78 is 38.9. The molecule has 0 fully saturated rings. The van der Waals surface area contributed by atoms with Crippen molar-refractivity contribution in [2.45, 2.75) is 20.0 Å². The van der Waals surface area contributed by atoms with Gasteiger partial charge in [0.15, 0.2) is 11.5 Å². The third kappa shape index (κ3) is 2.66. The van der Waals surface area contributed by atoms with Crippen molar-refractivity contribution >= 4 is 10.8 Å². The third-order valence-corrected chi connectivity index (χ3v) is 4.17. The van der Waals surface area contributed by atoms with E-state index in [1.54, 1.807) is 19.1 Å². The van der Waals surface area contributed by atoms with Crippen LogP contribution in [0.15, 0.2) is 42.5 Å². The van der Waals surface area contributed by atoms with Crippen LogP contribution in [0.2, 0.25) is 0 Å². The number of phenols is 2. The number of fused-ring (bicyclic) bond motifs is 1. The molecule has 124 valence electrons. The van der Waals surface area contributed by atoms with Crippen LogP contribution in [0.5, 0.6) is 11.5 Å². The summed E-state index contributed by atoms with van der Waals surface area (Å²) in [6.45, 7) is 3.60. The van der Waals surface area contributed by atoms with E-state index >= 15 is 0 Å². The third-order valence-electron chi connectivity index (χ3n) is 4.17. The quantitative estimate of drug-likeness (QED) is 0.573. The molecule has 0 spiro atoms. The summed E-state index contributed by atoms with van der Waals surface area (Å²) in [5, 5.41) is 20.8. The molecule has 0 aromatic heterocycles. The van der Waals surface area contributed by atoms with Crippen molar-refractivity contribution in [2.75, 3.05) is 0 Å². The molecule has 0 aliphatic heterocycles. The Morgan fingerprint density at radius 1 is 0.875 bits per heavy atom. The van der Waals surface area contributed by atoms with Crippen molar-refractivity contribution in [3.05, 3.63) is 59.2 Å². The summed E-state index contributed by atoms with van der Waals surface area (Å²) in [5.74, 6) is -0.488. The van der Waals surface area contributed by atoms with Crippen LogP contribution in [0.1, 0.15) is 16.7 Å². The summed E-state index contributed by atoms with van der Waals surface area (Å²) in [4.78, 5) is 0. The van der Waals surface area contributed by atoms with Crippen LogP contribution in [0.4, 0.5) is 13.2 Å². The van der Waals surface area contributed by atoms with Crippen molar-refractivity contribution in [3.63, 3.8) is 0 Å². The Bertz CT molecular complexity index is 943. The largest absolute Gasteiger partial charge is 0.504 e. The number of benzene rings is 3. The smallest absolute Gasteiger partial charge is 0.416 e. The van der Waals surface area contributed by atoms with Crippen LogP contribution in [-0.4, -0.2) is 10.2 Å². The number of aryl methyl sites for hydroxylation is 2. The van der Waals surface area contributed by atoms with Crippen molar-refractivity contribution in [2.24, 2.45) is 0 Å². The minimum absolute atomic E-state index is 0.229. The molecule has 3 rings (SSSR count). The van der Waals surface area contributed by atoms with Gasteiger partial charge in [-0.1, -0.05) is 18.2 Å². The molecule has 0 radical (unpaired) electrons. The molecule has 0 heterocycles. The van der Waals surface area contributed by atoms with E-state index in [0.717, 1.165) is 28.6 Å². The van der Waals surface area contributed by atoms with E-state index in [0.29, 0.717) is 16.5 Å². The standard InChI is InChI=1S/C19H15F3O2/c1-10-6-13-8-16(23)17(24)9-15(13)11(2)18(10)12-4-3-5-14(7-12)19(20,21)22/h3-9,23-24H,1-2H3. The molecule has 0 amide bonds. The van der Waals surface area contributed by atoms with E-state index in [-0.39, 0.29) is 11.5 Å². The molecule has 0 aliphatic carbocycles. The molecular formula is C19H15F3O2. The number of hydrogen-bond donors (Lipinski definition) is 2. The fourth-order valence-electron chi connectivity index (χ4n) is 3.07. The van der Waals surface area contributed by atoms with Gasteiger partial charge in [-0.3, -0.25) is 0 Å². The Labute approximate surface area is 136 Å². The van der Waals surface area contributed by atoms with Gasteiger partial charge in [0.2, 0.25) is 0 Å². The van der Waals surface area contributed by atoms with Gasteiger partial charge < -0.3 is 10.2 Å². The normalized spacial score (nSPS) is 11.9. The van der Waals surface area contributed by atoms with Gasteiger partial charge in [0.05, 0.1) is 5.56 Å². The van der Waals surface area contributed by atoms with Crippen LogP contribution in [-0.2, 0) is 6.18 Å². The zero-order chi connectivity index (χ0) is 17.6. The van der Waals surface area contributed by atoms with Crippen LogP contribution in [0, 0.1) is 13.8 Å². The summed E-state index contributed by atoms with van der Waals surface area (Å²) >= 11 is 0. The Balaban J connectivity index is 2.29. The maximum absolute atomic E-state index is 13.0. The molecule has 0 saturated heterocycles. The molecule has 2 nitrogen and oxygen atoms in total. The molecule has 0 saturated carbocycles. The highest BCUT2D eigenvalue weighted by atomic mass is 19.4. The maximum atomic E-state index is 13.0. The lowest BCUT2D eigenvalue weighted by molar-refractivity contribution is -0.137. The number of alkyl halides is 3. The summed E-state index contributed by atoms with van der Waals surface area (Å²) in [7, 11) is 0. The Morgan fingerprint density at radius 3 is 2.21 bits per heavy atom. The van der Waals surface area contributed by atoms with Crippen molar-refractivity contribution < 1.29 is 23.4 Å². The molecule has 0 aliphatic rings. The highest BCUT2D eigenvalue weighted by Crippen LogP contribution is 2.39. The zero-order valence-corrected chi connectivity index (χ0v) is 13.1. The lowest BCUT2D eigenvalue weighted by atomic mass is 9.90. The fraction of sp³-hybridized carbons (Fsp3) is 0.158. The summed E-state index contributed by atoms with van der Waals surface area (Å²) in [6, 6.07) is 9.85. The number of hydrogen-bond acceptors (Lipinski definition) is 2. The Hall–Kier alpha value is -2.69. The van der Waals surface area contributed by atoms with Gasteiger partial charge in [-0.25, -0.2) is 0 Å². The van der Waals surface area contributed by atoms with E-state index < -0.39 is 11.7 Å². The zero-order valence-electron chi connectivity index (χ0n) is 13.1. The maximum Gasteiger partial charge on any atom is 0.416 e. The lowest BCUT2D eigenvalue weighted by Gasteiger charge is -2.16. The molecular weight excluding hydrogens is 317 g/mol. The molecule has 2 N–H and O–H groups in total. The number of aromatic hydroxyl groups is 2. The van der Waals surface area contributed by atoms with Crippen LogP contribution in [0.3, 0.4) is 0 Å². The minimum atomic E-state index is -4.40. The predicted octanol–water partition coefficient (Wildman–Crippen LogP) is 5.55. The Morgan fingerprint density at radius 2 is 1.54 bits per heavy atom. The van der Waals surface area contributed by atoms with Crippen LogP contribution in [0.25, 0.3) is 21.9 Å². The highest BCUT2D eigenvalue weighted by Gasteiger charge is 2.30. The topological polar surface area (TPSA) is 40.5 Å².